The number of nitrogens with zero attached hydrogens (tertiary/aromatic N) is 1. The lowest BCUT2D eigenvalue weighted by molar-refractivity contribution is 0.0954. The molecule has 0 aliphatic heterocycles. The SMILES string of the molecule is CNC(=O)c1cc(-c2ccco2)on1. The highest BCUT2D eigenvalue weighted by molar-refractivity contribution is 5.92. The van der Waals surface area contributed by atoms with Gasteiger partial charge in [-0.2, -0.15) is 0 Å². The highest BCUT2D eigenvalue weighted by atomic mass is 16.5. The lowest BCUT2D eigenvalue weighted by Gasteiger charge is -1.88. The minimum absolute atomic E-state index is 0.235. The van der Waals surface area contributed by atoms with E-state index in [1.54, 1.807) is 12.1 Å². The molecule has 2 aromatic rings. The standard InChI is InChI=1S/C9H8N2O3/c1-10-9(12)6-5-8(14-11-6)7-3-2-4-13-7/h2-5H,1H3,(H,10,12). The van der Waals surface area contributed by atoms with Gasteiger partial charge in [-0.3, -0.25) is 4.79 Å². The van der Waals surface area contributed by atoms with Crippen LogP contribution in [0.25, 0.3) is 11.5 Å². The summed E-state index contributed by atoms with van der Waals surface area (Å²) in [5.41, 5.74) is 0.235. The molecule has 0 aromatic carbocycles. The highest BCUT2D eigenvalue weighted by Gasteiger charge is 2.13. The van der Waals surface area contributed by atoms with Crippen LogP contribution in [0.3, 0.4) is 0 Å². The number of rotatable bonds is 2. The third-order valence-electron chi connectivity index (χ3n) is 1.73. The molecule has 0 unspecified atom stereocenters. The predicted octanol–water partition coefficient (Wildman–Crippen LogP) is 1.29. The molecule has 2 aromatic heterocycles. The van der Waals surface area contributed by atoms with Crippen LogP contribution in [0.2, 0.25) is 0 Å². The summed E-state index contributed by atoms with van der Waals surface area (Å²) < 4.78 is 10.0. The van der Waals surface area contributed by atoms with Gasteiger partial charge in [0.25, 0.3) is 5.91 Å². The zero-order valence-electron chi connectivity index (χ0n) is 7.48. The van der Waals surface area contributed by atoms with Crippen molar-refractivity contribution in [3.63, 3.8) is 0 Å². The van der Waals surface area contributed by atoms with E-state index in [1.807, 2.05) is 0 Å². The summed E-state index contributed by atoms with van der Waals surface area (Å²) in [6.07, 6.45) is 1.53. The van der Waals surface area contributed by atoms with Crippen LogP contribution in [0.4, 0.5) is 0 Å². The van der Waals surface area contributed by atoms with Gasteiger partial charge in [-0.05, 0) is 12.1 Å². The van der Waals surface area contributed by atoms with Crippen LogP contribution >= 0.6 is 0 Å². The molecule has 72 valence electrons. The number of aromatic nitrogens is 1. The van der Waals surface area contributed by atoms with E-state index < -0.39 is 0 Å². The maximum Gasteiger partial charge on any atom is 0.273 e. The molecular weight excluding hydrogens is 184 g/mol. The number of nitrogens with one attached hydrogen (secondary N) is 1. The largest absolute Gasteiger partial charge is 0.461 e. The number of amides is 1. The van der Waals surface area contributed by atoms with Crippen molar-refractivity contribution < 1.29 is 13.7 Å². The molecule has 0 aliphatic carbocycles. The van der Waals surface area contributed by atoms with Crippen molar-refractivity contribution in [3.8, 4) is 11.5 Å². The van der Waals surface area contributed by atoms with Gasteiger partial charge in [0.15, 0.2) is 11.5 Å². The quantitative estimate of drug-likeness (QED) is 0.778. The zero-order chi connectivity index (χ0) is 9.97. The number of hydrogen-bond donors (Lipinski definition) is 1. The fourth-order valence-electron chi connectivity index (χ4n) is 1.05. The maximum atomic E-state index is 11.1. The molecule has 5 nitrogen and oxygen atoms in total. The van der Waals surface area contributed by atoms with E-state index in [0.717, 1.165) is 0 Å². The fourth-order valence-corrected chi connectivity index (χ4v) is 1.05. The minimum atomic E-state index is -0.286. The Labute approximate surface area is 79.7 Å². The van der Waals surface area contributed by atoms with E-state index in [-0.39, 0.29) is 11.6 Å². The Morgan fingerprint density at radius 1 is 1.50 bits per heavy atom. The Hall–Kier alpha value is -2.04. The summed E-state index contributed by atoms with van der Waals surface area (Å²) in [6, 6.07) is 4.99. The first-order valence-electron chi connectivity index (χ1n) is 4.04. The molecule has 0 spiro atoms. The number of carbonyl (C=O) groups excluding carboxylic acids is 1. The van der Waals surface area contributed by atoms with E-state index in [0.29, 0.717) is 11.5 Å². The van der Waals surface area contributed by atoms with Gasteiger partial charge in [0, 0.05) is 13.1 Å². The van der Waals surface area contributed by atoms with Crippen molar-refractivity contribution in [2.24, 2.45) is 0 Å². The molecule has 5 heteroatoms. The monoisotopic (exact) mass is 192 g/mol. The molecule has 14 heavy (non-hydrogen) atoms. The van der Waals surface area contributed by atoms with E-state index in [1.165, 1.54) is 19.4 Å². The molecule has 0 saturated heterocycles. The van der Waals surface area contributed by atoms with Crippen LogP contribution < -0.4 is 5.32 Å². The lowest BCUT2D eigenvalue weighted by atomic mass is 10.3. The van der Waals surface area contributed by atoms with Crippen molar-refractivity contribution in [1.82, 2.24) is 10.5 Å². The van der Waals surface area contributed by atoms with Gasteiger partial charge in [0.2, 0.25) is 5.76 Å². The second-order valence-corrected chi connectivity index (χ2v) is 2.63. The van der Waals surface area contributed by atoms with Gasteiger partial charge in [-0.25, -0.2) is 0 Å². The molecule has 2 heterocycles. The number of carbonyl (C=O) groups is 1. The van der Waals surface area contributed by atoms with Crippen molar-refractivity contribution in [3.05, 3.63) is 30.2 Å². The van der Waals surface area contributed by atoms with E-state index in [2.05, 4.69) is 10.5 Å². The van der Waals surface area contributed by atoms with Crippen molar-refractivity contribution >= 4 is 5.91 Å². The second kappa shape index (κ2) is 3.37. The molecule has 0 atom stereocenters. The average Bonchev–Trinajstić information content (AvgIpc) is 2.86. The molecule has 0 saturated carbocycles. The zero-order valence-corrected chi connectivity index (χ0v) is 7.48. The molecule has 0 bridgehead atoms. The van der Waals surface area contributed by atoms with Gasteiger partial charge >= 0.3 is 0 Å². The Balaban J connectivity index is 2.31. The van der Waals surface area contributed by atoms with Crippen molar-refractivity contribution in [1.29, 1.82) is 0 Å². The van der Waals surface area contributed by atoms with Crippen LogP contribution in [0, 0.1) is 0 Å². The van der Waals surface area contributed by atoms with Crippen LogP contribution in [0.5, 0.6) is 0 Å². The van der Waals surface area contributed by atoms with Gasteiger partial charge in [-0.15, -0.1) is 0 Å². The highest BCUT2D eigenvalue weighted by Crippen LogP contribution is 2.20. The summed E-state index contributed by atoms with van der Waals surface area (Å²) in [4.78, 5) is 11.1. The molecule has 1 N–H and O–H groups in total. The van der Waals surface area contributed by atoms with Gasteiger partial charge in [0.05, 0.1) is 6.26 Å². The van der Waals surface area contributed by atoms with Gasteiger partial charge in [0.1, 0.15) is 0 Å². The summed E-state index contributed by atoms with van der Waals surface area (Å²) in [7, 11) is 1.53. The minimum Gasteiger partial charge on any atom is -0.461 e. The summed E-state index contributed by atoms with van der Waals surface area (Å²) in [5, 5.41) is 6.04. The first-order valence-corrected chi connectivity index (χ1v) is 4.04. The normalized spacial score (nSPS) is 10.1. The molecule has 2 rings (SSSR count). The Bertz CT molecular complexity index is 431. The Kier molecular flexibility index (Phi) is 2.06. The number of furan rings is 1. The average molecular weight is 192 g/mol. The van der Waals surface area contributed by atoms with Gasteiger partial charge < -0.3 is 14.3 Å². The fraction of sp³-hybridized carbons (Fsp3) is 0.111. The summed E-state index contributed by atoms with van der Waals surface area (Å²) >= 11 is 0. The Morgan fingerprint density at radius 2 is 2.36 bits per heavy atom. The Morgan fingerprint density at radius 3 is 3.00 bits per heavy atom. The van der Waals surface area contributed by atoms with Crippen LogP contribution in [-0.4, -0.2) is 18.1 Å². The number of hydrogen-bond acceptors (Lipinski definition) is 4. The first-order chi connectivity index (χ1) is 6.81. The predicted molar refractivity (Wildman–Crippen MR) is 47.6 cm³/mol. The topological polar surface area (TPSA) is 68.3 Å². The van der Waals surface area contributed by atoms with E-state index >= 15 is 0 Å². The molecule has 0 radical (unpaired) electrons. The van der Waals surface area contributed by atoms with Crippen LogP contribution in [0.1, 0.15) is 10.5 Å². The molecule has 0 fully saturated rings. The van der Waals surface area contributed by atoms with Crippen molar-refractivity contribution in [2.75, 3.05) is 7.05 Å². The molecular formula is C9H8N2O3. The third kappa shape index (κ3) is 1.39. The van der Waals surface area contributed by atoms with E-state index in [4.69, 9.17) is 8.94 Å². The molecule has 0 aliphatic rings. The third-order valence-corrected chi connectivity index (χ3v) is 1.73. The maximum absolute atomic E-state index is 11.1. The lowest BCUT2D eigenvalue weighted by Crippen LogP contribution is -2.17. The van der Waals surface area contributed by atoms with Crippen molar-refractivity contribution in [2.45, 2.75) is 0 Å². The summed E-state index contributed by atoms with van der Waals surface area (Å²) in [6.45, 7) is 0. The van der Waals surface area contributed by atoms with Crippen LogP contribution in [0.15, 0.2) is 33.4 Å². The second-order valence-electron chi connectivity index (χ2n) is 2.63. The van der Waals surface area contributed by atoms with Crippen LogP contribution in [-0.2, 0) is 0 Å². The molecule has 1 amide bonds. The smallest absolute Gasteiger partial charge is 0.273 e. The van der Waals surface area contributed by atoms with E-state index in [9.17, 15) is 4.79 Å². The van der Waals surface area contributed by atoms with Gasteiger partial charge in [-0.1, -0.05) is 5.16 Å². The first kappa shape index (κ1) is 8.55. The summed E-state index contributed by atoms with van der Waals surface area (Å²) in [5.74, 6) is 0.702.